The van der Waals surface area contributed by atoms with E-state index in [1.165, 1.54) is 11.1 Å². The molecule has 0 aliphatic carbocycles. The van der Waals surface area contributed by atoms with Crippen LogP contribution in [-0.2, 0) is 4.74 Å². The van der Waals surface area contributed by atoms with Crippen LogP contribution >= 0.6 is 0 Å². The van der Waals surface area contributed by atoms with E-state index in [4.69, 9.17) is 9.84 Å². The molecule has 0 fully saturated rings. The number of aliphatic hydroxyl groups excluding tert-OH is 1. The van der Waals surface area contributed by atoms with Gasteiger partial charge in [-0.15, -0.1) is 0 Å². The molecular weight excluding hydrogens is 202 g/mol. The topological polar surface area (TPSA) is 41.5 Å². The van der Waals surface area contributed by atoms with Crippen LogP contribution in [0.2, 0.25) is 0 Å². The number of hydrogen-bond donors (Lipinski definition) is 2. The van der Waals surface area contributed by atoms with Gasteiger partial charge in [0.1, 0.15) is 0 Å². The minimum atomic E-state index is 0.0908. The third-order valence-corrected chi connectivity index (χ3v) is 2.51. The highest BCUT2D eigenvalue weighted by atomic mass is 16.5. The SMILES string of the molecule is Cc1ccc([C@@H](C)NCCOCCO)cc1. The molecule has 1 aromatic carbocycles. The highest BCUT2D eigenvalue weighted by molar-refractivity contribution is 5.23. The summed E-state index contributed by atoms with van der Waals surface area (Å²) < 4.78 is 5.18. The van der Waals surface area contributed by atoms with Crippen molar-refractivity contribution in [3.63, 3.8) is 0 Å². The molecule has 3 heteroatoms. The van der Waals surface area contributed by atoms with Gasteiger partial charge in [-0.25, -0.2) is 0 Å². The van der Waals surface area contributed by atoms with Gasteiger partial charge in [-0.1, -0.05) is 29.8 Å². The summed E-state index contributed by atoms with van der Waals surface area (Å²) in [7, 11) is 0. The van der Waals surface area contributed by atoms with Gasteiger partial charge < -0.3 is 15.2 Å². The van der Waals surface area contributed by atoms with Crippen LogP contribution < -0.4 is 5.32 Å². The Morgan fingerprint density at radius 1 is 1.25 bits per heavy atom. The van der Waals surface area contributed by atoms with E-state index < -0.39 is 0 Å². The lowest BCUT2D eigenvalue weighted by molar-refractivity contribution is 0.0928. The van der Waals surface area contributed by atoms with E-state index in [0.29, 0.717) is 19.3 Å². The van der Waals surface area contributed by atoms with Crippen molar-refractivity contribution in [3.8, 4) is 0 Å². The van der Waals surface area contributed by atoms with Gasteiger partial charge >= 0.3 is 0 Å². The Hall–Kier alpha value is -0.900. The predicted molar refractivity (Wildman–Crippen MR) is 65.5 cm³/mol. The summed E-state index contributed by atoms with van der Waals surface area (Å²) in [6.45, 7) is 6.17. The Bertz CT molecular complexity index is 284. The van der Waals surface area contributed by atoms with Gasteiger partial charge in [0.25, 0.3) is 0 Å². The Morgan fingerprint density at radius 3 is 2.56 bits per heavy atom. The smallest absolute Gasteiger partial charge is 0.0698 e. The summed E-state index contributed by atoms with van der Waals surface area (Å²) in [5, 5.41) is 11.9. The van der Waals surface area contributed by atoms with E-state index in [0.717, 1.165) is 6.54 Å². The molecule has 3 nitrogen and oxygen atoms in total. The number of hydrogen-bond acceptors (Lipinski definition) is 3. The fourth-order valence-corrected chi connectivity index (χ4v) is 1.49. The van der Waals surface area contributed by atoms with Gasteiger partial charge in [0.05, 0.1) is 19.8 Å². The second-order valence-corrected chi connectivity index (χ2v) is 3.92. The van der Waals surface area contributed by atoms with Crippen LogP contribution in [0.15, 0.2) is 24.3 Å². The molecule has 0 aromatic heterocycles. The summed E-state index contributed by atoms with van der Waals surface area (Å²) in [6.07, 6.45) is 0. The van der Waals surface area contributed by atoms with Crippen LogP contribution in [0.1, 0.15) is 24.1 Å². The van der Waals surface area contributed by atoms with Gasteiger partial charge in [0.15, 0.2) is 0 Å². The van der Waals surface area contributed by atoms with Crippen LogP contribution in [0.3, 0.4) is 0 Å². The standard InChI is InChI=1S/C13H21NO2/c1-11-3-5-13(6-4-11)12(2)14-7-9-16-10-8-15/h3-6,12,14-15H,7-10H2,1-2H3/t12-/m1/s1. The van der Waals surface area contributed by atoms with Gasteiger partial charge in [-0.2, -0.15) is 0 Å². The zero-order chi connectivity index (χ0) is 11.8. The van der Waals surface area contributed by atoms with Crippen molar-refractivity contribution in [2.75, 3.05) is 26.4 Å². The number of aliphatic hydroxyl groups is 1. The molecule has 0 spiro atoms. The molecule has 0 heterocycles. The Kier molecular flexibility index (Phi) is 6.08. The minimum Gasteiger partial charge on any atom is -0.394 e. The predicted octanol–water partition coefficient (Wildman–Crippen LogP) is 1.65. The molecule has 1 atom stereocenters. The molecule has 0 amide bonds. The fourth-order valence-electron chi connectivity index (χ4n) is 1.49. The lowest BCUT2D eigenvalue weighted by Crippen LogP contribution is -2.23. The van der Waals surface area contributed by atoms with Gasteiger partial charge in [0, 0.05) is 12.6 Å². The first-order chi connectivity index (χ1) is 7.74. The van der Waals surface area contributed by atoms with E-state index >= 15 is 0 Å². The maximum atomic E-state index is 8.53. The van der Waals surface area contributed by atoms with E-state index in [9.17, 15) is 0 Å². The zero-order valence-electron chi connectivity index (χ0n) is 10.1. The summed E-state index contributed by atoms with van der Waals surface area (Å²) in [6, 6.07) is 8.85. The maximum absolute atomic E-state index is 8.53. The second kappa shape index (κ2) is 7.39. The molecule has 1 rings (SSSR count). The van der Waals surface area contributed by atoms with Crippen molar-refractivity contribution in [2.24, 2.45) is 0 Å². The quantitative estimate of drug-likeness (QED) is 0.691. The Balaban J connectivity index is 2.24. The molecule has 0 bridgehead atoms. The lowest BCUT2D eigenvalue weighted by Gasteiger charge is -2.14. The average molecular weight is 223 g/mol. The Morgan fingerprint density at radius 2 is 1.94 bits per heavy atom. The third kappa shape index (κ3) is 4.75. The minimum absolute atomic E-state index is 0.0908. The first kappa shape index (κ1) is 13.2. The van der Waals surface area contributed by atoms with Gasteiger partial charge in [0.2, 0.25) is 0 Å². The van der Waals surface area contributed by atoms with Crippen LogP contribution in [0, 0.1) is 6.92 Å². The third-order valence-electron chi connectivity index (χ3n) is 2.51. The molecule has 0 unspecified atom stereocenters. The largest absolute Gasteiger partial charge is 0.394 e. The average Bonchev–Trinajstić information content (AvgIpc) is 2.29. The summed E-state index contributed by atoms with van der Waals surface area (Å²) in [4.78, 5) is 0. The summed E-state index contributed by atoms with van der Waals surface area (Å²) in [5.74, 6) is 0. The van der Waals surface area contributed by atoms with Crippen molar-refractivity contribution in [1.29, 1.82) is 0 Å². The first-order valence-electron chi connectivity index (χ1n) is 5.72. The van der Waals surface area contributed by atoms with Gasteiger partial charge in [-0.05, 0) is 19.4 Å². The lowest BCUT2D eigenvalue weighted by atomic mass is 10.1. The molecule has 2 N–H and O–H groups in total. The molecule has 16 heavy (non-hydrogen) atoms. The monoisotopic (exact) mass is 223 g/mol. The fraction of sp³-hybridized carbons (Fsp3) is 0.538. The molecule has 90 valence electrons. The van der Waals surface area contributed by atoms with Crippen LogP contribution in [-0.4, -0.2) is 31.5 Å². The van der Waals surface area contributed by atoms with Crippen molar-refractivity contribution in [1.82, 2.24) is 5.32 Å². The molecule has 1 aromatic rings. The van der Waals surface area contributed by atoms with Crippen molar-refractivity contribution in [2.45, 2.75) is 19.9 Å². The molecule has 0 radical (unpaired) electrons. The van der Waals surface area contributed by atoms with Crippen LogP contribution in [0.4, 0.5) is 0 Å². The van der Waals surface area contributed by atoms with Crippen molar-refractivity contribution in [3.05, 3.63) is 35.4 Å². The van der Waals surface area contributed by atoms with Crippen molar-refractivity contribution < 1.29 is 9.84 Å². The molecule has 0 aliphatic rings. The second-order valence-electron chi connectivity index (χ2n) is 3.92. The Labute approximate surface area is 97.4 Å². The number of benzene rings is 1. The molecule has 0 saturated heterocycles. The van der Waals surface area contributed by atoms with E-state index in [1.807, 2.05) is 0 Å². The number of nitrogens with one attached hydrogen (secondary N) is 1. The first-order valence-corrected chi connectivity index (χ1v) is 5.72. The number of rotatable bonds is 7. The van der Waals surface area contributed by atoms with E-state index in [-0.39, 0.29) is 6.61 Å². The molecule has 0 aliphatic heterocycles. The van der Waals surface area contributed by atoms with E-state index in [2.05, 4.69) is 43.4 Å². The highest BCUT2D eigenvalue weighted by Gasteiger charge is 2.03. The highest BCUT2D eigenvalue weighted by Crippen LogP contribution is 2.12. The van der Waals surface area contributed by atoms with Gasteiger partial charge in [-0.3, -0.25) is 0 Å². The summed E-state index contributed by atoms with van der Waals surface area (Å²) >= 11 is 0. The van der Waals surface area contributed by atoms with Crippen LogP contribution in [0.5, 0.6) is 0 Å². The van der Waals surface area contributed by atoms with Crippen molar-refractivity contribution >= 4 is 0 Å². The molecule has 0 saturated carbocycles. The normalized spacial score (nSPS) is 12.7. The maximum Gasteiger partial charge on any atom is 0.0698 e. The zero-order valence-corrected chi connectivity index (χ0v) is 10.1. The summed E-state index contributed by atoms with van der Waals surface area (Å²) in [5.41, 5.74) is 2.56. The van der Waals surface area contributed by atoms with Crippen LogP contribution in [0.25, 0.3) is 0 Å². The van der Waals surface area contributed by atoms with E-state index in [1.54, 1.807) is 0 Å². The number of aryl methyl sites for hydroxylation is 1. The number of ether oxygens (including phenoxy) is 1. The molecular formula is C13H21NO2.